The second kappa shape index (κ2) is 8.90. The molecule has 122 valence electrons. The molecule has 0 saturated carbocycles. The molecule has 0 atom stereocenters. The zero-order valence-corrected chi connectivity index (χ0v) is 13.6. The molecule has 2 amide bonds. The molecule has 0 bridgehead atoms. The highest BCUT2D eigenvalue weighted by Gasteiger charge is 2.04. The second-order valence-electron chi connectivity index (χ2n) is 4.70. The number of amides is 2. The summed E-state index contributed by atoms with van der Waals surface area (Å²) in [5.74, 6) is 1.31. The molecule has 0 unspecified atom stereocenters. The summed E-state index contributed by atoms with van der Waals surface area (Å²) in [5, 5.41) is 6.10. The van der Waals surface area contributed by atoms with Crippen LogP contribution in [0.15, 0.2) is 48.5 Å². The summed E-state index contributed by atoms with van der Waals surface area (Å²) >= 11 is 6.03. The molecule has 2 N–H and O–H groups in total. The first kappa shape index (κ1) is 17.0. The molecule has 2 aromatic carbocycles. The molecule has 0 spiro atoms. The average molecular weight is 335 g/mol. The van der Waals surface area contributed by atoms with Gasteiger partial charge in [0.1, 0.15) is 6.61 Å². The van der Waals surface area contributed by atoms with E-state index in [1.807, 2.05) is 42.5 Å². The fourth-order valence-corrected chi connectivity index (χ4v) is 2.15. The molecule has 5 nitrogen and oxygen atoms in total. The Morgan fingerprint density at radius 2 is 1.74 bits per heavy atom. The van der Waals surface area contributed by atoms with Gasteiger partial charge in [-0.1, -0.05) is 41.9 Å². The Hall–Kier alpha value is -2.40. The zero-order chi connectivity index (χ0) is 16.5. The van der Waals surface area contributed by atoms with Crippen LogP contribution >= 0.6 is 11.6 Å². The number of rotatable bonds is 7. The largest absolute Gasteiger partial charge is 0.493 e. The second-order valence-corrected chi connectivity index (χ2v) is 5.11. The Morgan fingerprint density at radius 3 is 2.48 bits per heavy atom. The van der Waals surface area contributed by atoms with E-state index in [-0.39, 0.29) is 6.03 Å². The molecule has 0 aliphatic rings. The number of carbonyl (C=O) groups is 1. The normalized spacial score (nSPS) is 10.0. The van der Waals surface area contributed by atoms with E-state index in [1.54, 1.807) is 13.2 Å². The summed E-state index contributed by atoms with van der Waals surface area (Å²) in [4.78, 5) is 11.7. The van der Waals surface area contributed by atoms with Crippen LogP contribution in [0.2, 0.25) is 5.02 Å². The lowest BCUT2D eigenvalue weighted by atomic mass is 10.2. The molecule has 2 rings (SSSR count). The number of carbonyl (C=O) groups excluding carboxylic acids is 1. The van der Waals surface area contributed by atoms with E-state index >= 15 is 0 Å². The summed E-state index contributed by atoms with van der Waals surface area (Å²) in [5.41, 5.74) is 0.870. The first-order valence-corrected chi connectivity index (χ1v) is 7.59. The van der Waals surface area contributed by atoms with Crippen molar-refractivity contribution in [1.29, 1.82) is 0 Å². The van der Waals surface area contributed by atoms with Crippen LogP contribution in [-0.2, 0) is 6.54 Å². The van der Waals surface area contributed by atoms with Gasteiger partial charge in [0.15, 0.2) is 11.5 Å². The smallest absolute Gasteiger partial charge is 0.315 e. The highest BCUT2D eigenvalue weighted by atomic mass is 35.5. The molecule has 0 fully saturated rings. The van der Waals surface area contributed by atoms with Gasteiger partial charge in [0.25, 0.3) is 0 Å². The van der Waals surface area contributed by atoms with Crippen LogP contribution in [0.3, 0.4) is 0 Å². The fraction of sp³-hybridized carbons (Fsp3) is 0.235. The standard InChI is InChI=1S/C17H19ClN2O3/c1-22-15-8-4-5-9-16(15)23-11-10-19-17(21)20-12-13-6-2-3-7-14(13)18/h2-9H,10-12H2,1H3,(H2,19,20,21). The average Bonchev–Trinajstić information content (AvgIpc) is 2.58. The predicted octanol–water partition coefficient (Wildman–Crippen LogP) is 3.23. The molecule has 23 heavy (non-hydrogen) atoms. The molecule has 6 heteroatoms. The van der Waals surface area contributed by atoms with Gasteiger partial charge in [0.05, 0.1) is 13.7 Å². The summed E-state index contributed by atoms with van der Waals surface area (Å²) in [6.07, 6.45) is 0. The minimum Gasteiger partial charge on any atom is -0.493 e. The van der Waals surface area contributed by atoms with Crippen molar-refractivity contribution < 1.29 is 14.3 Å². The van der Waals surface area contributed by atoms with E-state index in [4.69, 9.17) is 21.1 Å². The topological polar surface area (TPSA) is 59.6 Å². The van der Waals surface area contributed by atoms with Gasteiger partial charge in [-0.2, -0.15) is 0 Å². The minimum atomic E-state index is -0.270. The van der Waals surface area contributed by atoms with E-state index in [1.165, 1.54) is 0 Å². The van der Waals surface area contributed by atoms with Crippen molar-refractivity contribution >= 4 is 17.6 Å². The lowest BCUT2D eigenvalue weighted by Gasteiger charge is -2.11. The third-order valence-corrected chi connectivity index (χ3v) is 3.48. The van der Waals surface area contributed by atoms with Crippen molar-refractivity contribution in [3.05, 3.63) is 59.1 Å². The van der Waals surface area contributed by atoms with Gasteiger partial charge in [-0.25, -0.2) is 4.79 Å². The molecule has 0 heterocycles. The maximum atomic E-state index is 11.7. The van der Waals surface area contributed by atoms with E-state index in [2.05, 4.69) is 10.6 Å². The molecule has 0 aliphatic heterocycles. The Kier molecular flexibility index (Phi) is 6.56. The van der Waals surface area contributed by atoms with Crippen molar-refractivity contribution in [2.45, 2.75) is 6.54 Å². The van der Waals surface area contributed by atoms with Gasteiger partial charge >= 0.3 is 6.03 Å². The quantitative estimate of drug-likeness (QED) is 0.764. The molecule has 0 saturated heterocycles. The third kappa shape index (κ3) is 5.38. The maximum absolute atomic E-state index is 11.7. The Morgan fingerprint density at radius 1 is 1.04 bits per heavy atom. The first-order chi connectivity index (χ1) is 11.2. The van der Waals surface area contributed by atoms with Gasteiger partial charge in [0, 0.05) is 11.6 Å². The van der Waals surface area contributed by atoms with Gasteiger partial charge in [0.2, 0.25) is 0 Å². The predicted molar refractivity (Wildman–Crippen MR) is 90.2 cm³/mol. The number of nitrogens with one attached hydrogen (secondary N) is 2. The minimum absolute atomic E-state index is 0.270. The lowest BCUT2D eigenvalue weighted by Crippen LogP contribution is -2.37. The van der Waals surface area contributed by atoms with Crippen molar-refractivity contribution in [2.75, 3.05) is 20.3 Å². The summed E-state index contributed by atoms with van der Waals surface area (Å²) in [6.45, 7) is 1.10. The van der Waals surface area contributed by atoms with Crippen LogP contribution in [0.25, 0.3) is 0 Å². The SMILES string of the molecule is COc1ccccc1OCCNC(=O)NCc1ccccc1Cl. The van der Waals surface area contributed by atoms with Crippen LogP contribution in [0.5, 0.6) is 11.5 Å². The van der Waals surface area contributed by atoms with Crippen LogP contribution in [0, 0.1) is 0 Å². The maximum Gasteiger partial charge on any atom is 0.315 e. The molecule has 0 radical (unpaired) electrons. The van der Waals surface area contributed by atoms with Crippen molar-refractivity contribution in [3.63, 3.8) is 0 Å². The van der Waals surface area contributed by atoms with Crippen LogP contribution < -0.4 is 20.1 Å². The van der Waals surface area contributed by atoms with Crippen molar-refractivity contribution in [3.8, 4) is 11.5 Å². The Balaban J connectivity index is 1.68. The van der Waals surface area contributed by atoms with E-state index < -0.39 is 0 Å². The number of ether oxygens (including phenoxy) is 2. The van der Waals surface area contributed by atoms with Gasteiger partial charge in [-0.05, 0) is 23.8 Å². The van der Waals surface area contributed by atoms with Crippen LogP contribution in [-0.4, -0.2) is 26.3 Å². The molecule has 0 aliphatic carbocycles. The molecule has 0 aromatic heterocycles. The summed E-state index contributed by atoms with van der Waals surface area (Å²) < 4.78 is 10.8. The van der Waals surface area contributed by atoms with E-state index in [0.29, 0.717) is 36.2 Å². The number of methoxy groups -OCH3 is 1. The van der Waals surface area contributed by atoms with Gasteiger partial charge in [-0.3, -0.25) is 0 Å². The summed E-state index contributed by atoms with van der Waals surface area (Å²) in [7, 11) is 1.59. The van der Waals surface area contributed by atoms with Gasteiger partial charge < -0.3 is 20.1 Å². The lowest BCUT2D eigenvalue weighted by molar-refractivity contribution is 0.235. The van der Waals surface area contributed by atoms with Crippen LogP contribution in [0.1, 0.15) is 5.56 Å². The van der Waals surface area contributed by atoms with Crippen molar-refractivity contribution in [2.24, 2.45) is 0 Å². The Labute approximate surface area is 140 Å². The fourth-order valence-electron chi connectivity index (χ4n) is 1.94. The zero-order valence-electron chi connectivity index (χ0n) is 12.8. The van der Waals surface area contributed by atoms with Gasteiger partial charge in [-0.15, -0.1) is 0 Å². The molecule has 2 aromatic rings. The van der Waals surface area contributed by atoms with E-state index in [0.717, 1.165) is 5.56 Å². The number of hydrogen-bond donors (Lipinski definition) is 2. The molecular formula is C17H19ClN2O3. The highest BCUT2D eigenvalue weighted by molar-refractivity contribution is 6.31. The number of benzene rings is 2. The number of urea groups is 1. The van der Waals surface area contributed by atoms with Crippen LogP contribution in [0.4, 0.5) is 4.79 Å². The van der Waals surface area contributed by atoms with E-state index in [9.17, 15) is 4.79 Å². The highest BCUT2D eigenvalue weighted by Crippen LogP contribution is 2.25. The third-order valence-electron chi connectivity index (χ3n) is 3.11. The molecular weight excluding hydrogens is 316 g/mol. The first-order valence-electron chi connectivity index (χ1n) is 7.21. The Bertz CT molecular complexity index is 649. The number of halogens is 1. The monoisotopic (exact) mass is 334 g/mol. The summed E-state index contributed by atoms with van der Waals surface area (Å²) in [6, 6.07) is 14.5. The van der Waals surface area contributed by atoms with Crippen molar-refractivity contribution in [1.82, 2.24) is 10.6 Å². The number of para-hydroxylation sites is 2. The number of hydrogen-bond acceptors (Lipinski definition) is 3.